The van der Waals surface area contributed by atoms with Crippen LogP contribution in [0, 0.1) is 13.8 Å². The third-order valence-corrected chi connectivity index (χ3v) is 5.17. The SMILES string of the molecule is Cc1cc(C(=O)COc2ccccc2C(N)=O)c(C)n1CCc1ccc(Cl)cc1. The van der Waals surface area contributed by atoms with Gasteiger partial charge in [-0.3, -0.25) is 9.59 Å². The minimum atomic E-state index is -0.589. The van der Waals surface area contributed by atoms with Gasteiger partial charge in [-0.25, -0.2) is 0 Å². The zero-order chi connectivity index (χ0) is 21.0. The first kappa shape index (κ1) is 20.7. The largest absolute Gasteiger partial charge is 0.485 e. The normalized spacial score (nSPS) is 10.7. The predicted octanol–water partition coefficient (Wildman–Crippen LogP) is 4.36. The fourth-order valence-electron chi connectivity index (χ4n) is 3.34. The predicted molar refractivity (Wildman–Crippen MR) is 114 cm³/mol. The number of halogens is 1. The second kappa shape index (κ2) is 8.97. The fourth-order valence-corrected chi connectivity index (χ4v) is 3.46. The van der Waals surface area contributed by atoms with E-state index in [1.165, 1.54) is 5.56 Å². The number of hydrogen-bond donors (Lipinski definition) is 1. The van der Waals surface area contributed by atoms with E-state index in [2.05, 4.69) is 4.57 Å². The first-order valence-corrected chi connectivity index (χ1v) is 9.70. The van der Waals surface area contributed by atoms with Crippen LogP contribution in [0.3, 0.4) is 0 Å². The molecule has 29 heavy (non-hydrogen) atoms. The molecule has 0 saturated carbocycles. The van der Waals surface area contributed by atoms with Crippen molar-refractivity contribution in [1.29, 1.82) is 0 Å². The van der Waals surface area contributed by atoms with E-state index in [4.69, 9.17) is 22.1 Å². The molecule has 0 saturated heterocycles. The molecule has 0 aliphatic rings. The number of primary amides is 1. The number of aryl methyl sites for hydroxylation is 2. The quantitative estimate of drug-likeness (QED) is 0.560. The van der Waals surface area contributed by atoms with E-state index in [9.17, 15) is 9.59 Å². The summed E-state index contributed by atoms with van der Waals surface area (Å²) in [7, 11) is 0. The molecule has 0 bridgehead atoms. The lowest BCUT2D eigenvalue weighted by Crippen LogP contribution is -2.17. The van der Waals surface area contributed by atoms with Crippen molar-refractivity contribution in [3.8, 4) is 5.75 Å². The molecule has 5 nitrogen and oxygen atoms in total. The van der Waals surface area contributed by atoms with Gasteiger partial charge in [-0.05, 0) is 56.2 Å². The van der Waals surface area contributed by atoms with Gasteiger partial charge in [-0.2, -0.15) is 0 Å². The van der Waals surface area contributed by atoms with Gasteiger partial charge in [0, 0.05) is 28.5 Å². The summed E-state index contributed by atoms with van der Waals surface area (Å²) in [5, 5.41) is 0.716. The zero-order valence-corrected chi connectivity index (χ0v) is 17.2. The van der Waals surface area contributed by atoms with Crippen molar-refractivity contribution in [2.24, 2.45) is 5.73 Å². The third kappa shape index (κ3) is 4.87. The smallest absolute Gasteiger partial charge is 0.252 e. The highest BCUT2D eigenvalue weighted by Gasteiger charge is 2.17. The first-order chi connectivity index (χ1) is 13.9. The van der Waals surface area contributed by atoms with Crippen LogP contribution in [0.15, 0.2) is 54.6 Å². The number of ketones is 1. The fraction of sp³-hybridized carbons (Fsp3) is 0.217. The number of amides is 1. The Morgan fingerprint density at radius 3 is 2.41 bits per heavy atom. The van der Waals surface area contributed by atoms with Crippen LogP contribution < -0.4 is 10.5 Å². The topological polar surface area (TPSA) is 74.3 Å². The molecule has 1 heterocycles. The Hall–Kier alpha value is -3.05. The standard InChI is InChI=1S/C23H23ClN2O3/c1-15-13-20(16(2)26(15)12-11-17-7-9-18(24)10-8-17)21(27)14-29-22-6-4-3-5-19(22)23(25)28/h3-10,13H,11-12,14H2,1-2H3,(H2,25,28). The number of para-hydroxylation sites is 1. The first-order valence-electron chi connectivity index (χ1n) is 9.33. The average Bonchev–Trinajstić information content (AvgIpc) is 2.99. The maximum Gasteiger partial charge on any atom is 0.252 e. The second-order valence-corrected chi connectivity index (χ2v) is 7.32. The molecule has 1 amide bonds. The van der Waals surface area contributed by atoms with Crippen LogP contribution in [-0.2, 0) is 13.0 Å². The van der Waals surface area contributed by atoms with E-state index >= 15 is 0 Å². The van der Waals surface area contributed by atoms with E-state index < -0.39 is 5.91 Å². The van der Waals surface area contributed by atoms with Crippen molar-refractivity contribution in [3.05, 3.63) is 87.7 Å². The van der Waals surface area contributed by atoms with Crippen molar-refractivity contribution >= 4 is 23.3 Å². The zero-order valence-electron chi connectivity index (χ0n) is 16.4. The van der Waals surface area contributed by atoms with E-state index in [1.54, 1.807) is 24.3 Å². The molecule has 6 heteroatoms. The molecule has 0 radical (unpaired) electrons. The molecule has 150 valence electrons. The van der Waals surface area contributed by atoms with Gasteiger partial charge in [0.05, 0.1) is 5.56 Å². The van der Waals surface area contributed by atoms with Crippen LogP contribution >= 0.6 is 11.6 Å². The lowest BCUT2D eigenvalue weighted by molar-refractivity contribution is 0.0911. The number of ether oxygens (including phenoxy) is 1. The van der Waals surface area contributed by atoms with E-state index in [0.29, 0.717) is 16.3 Å². The van der Waals surface area contributed by atoms with E-state index in [0.717, 1.165) is 24.4 Å². The number of hydrogen-bond acceptors (Lipinski definition) is 3. The maximum atomic E-state index is 12.7. The summed E-state index contributed by atoms with van der Waals surface area (Å²) in [6.07, 6.45) is 0.837. The number of carbonyl (C=O) groups is 2. The van der Waals surface area contributed by atoms with Gasteiger partial charge in [0.1, 0.15) is 5.75 Å². The molecule has 3 rings (SSSR count). The maximum absolute atomic E-state index is 12.7. The number of benzene rings is 2. The molecule has 0 spiro atoms. The Labute approximate surface area is 175 Å². The molecule has 0 fully saturated rings. The molecule has 0 atom stereocenters. The lowest BCUT2D eigenvalue weighted by atomic mass is 10.1. The third-order valence-electron chi connectivity index (χ3n) is 4.92. The summed E-state index contributed by atoms with van der Waals surface area (Å²) in [5.74, 6) is -0.423. The molecular weight excluding hydrogens is 388 g/mol. The molecule has 3 aromatic rings. The monoisotopic (exact) mass is 410 g/mol. The Morgan fingerprint density at radius 1 is 1.03 bits per heavy atom. The summed E-state index contributed by atoms with van der Waals surface area (Å²) >= 11 is 5.94. The molecular formula is C23H23ClN2O3. The van der Waals surface area contributed by atoms with Gasteiger partial charge in [0.15, 0.2) is 6.61 Å². The van der Waals surface area contributed by atoms with Crippen LogP contribution in [0.1, 0.15) is 37.7 Å². The Morgan fingerprint density at radius 2 is 1.72 bits per heavy atom. The minimum Gasteiger partial charge on any atom is -0.485 e. The number of rotatable bonds is 8. The minimum absolute atomic E-state index is 0.143. The average molecular weight is 411 g/mol. The van der Waals surface area contributed by atoms with Crippen LogP contribution in [0.5, 0.6) is 5.75 Å². The van der Waals surface area contributed by atoms with Gasteiger partial charge in [-0.15, -0.1) is 0 Å². The Kier molecular flexibility index (Phi) is 6.39. The van der Waals surface area contributed by atoms with Crippen molar-refractivity contribution < 1.29 is 14.3 Å². The van der Waals surface area contributed by atoms with Crippen molar-refractivity contribution in [3.63, 3.8) is 0 Å². The van der Waals surface area contributed by atoms with Gasteiger partial charge in [-0.1, -0.05) is 35.9 Å². The summed E-state index contributed by atoms with van der Waals surface area (Å²) in [6.45, 7) is 4.51. The van der Waals surface area contributed by atoms with Crippen LogP contribution in [0.4, 0.5) is 0 Å². The van der Waals surface area contributed by atoms with Crippen LogP contribution in [-0.4, -0.2) is 22.9 Å². The van der Waals surface area contributed by atoms with Gasteiger partial charge in [0.25, 0.3) is 5.91 Å². The highest BCUT2D eigenvalue weighted by molar-refractivity contribution is 6.30. The number of carbonyl (C=O) groups excluding carboxylic acids is 2. The number of nitrogens with two attached hydrogens (primary N) is 1. The molecule has 0 unspecified atom stereocenters. The molecule has 1 aromatic heterocycles. The summed E-state index contributed by atoms with van der Waals surface area (Å²) in [4.78, 5) is 24.2. The Balaban J connectivity index is 1.69. The van der Waals surface area contributed by atoms with Gasteiger partial charge >= 0.3 is 0 Å². The molecule has 2 N–H and O–H groups in total. The van der Waals surface area contributed by atoms with Crippen LogP contribution in [0.2, 0.25) is 5.02 Å². The summed E-state index contributed by atoms with van der Waals surface area (Å²) in [6, 6.07) is 16.3. The molecule has 0 aliphatic carbocycles. The summed E-state index contributed by atoms with van der Waals surface area (Å²) in [5.41, 5.74) is 9.32. The van der Waals surface area contributed by atoms with Gasteiger partial charge in [0.2, 0.25) is 5.78 Å². The van der Waals surface area contributed by atoms with Crippen molar-refractivity contribution in [1.82, 2.24) is 4.57 Å². The molecule has 0 aliphatic heterocycles. The number of Topliss-reactive ketones (excluding diaryl/α,β-unsaturated/α-hetero) is 1. The second-order valence-electron chi connectivity index (χ2n) is 6.89. The number of aromatic nitrogens is 1. The molecule has 2 aromatic carbocycles. The Bertz CT molecular complexity index is 1040. The van der Waals surface area contributed by atoms with Crippen LogP contribution in [0.25, 0.3) is 0 Å². The highest BCUT2D eigenvalue weighted by atomic mass is 35.5. The lowest BCUT2D eigenvalue weighted by Gasteiger charge is -2.11. The van der Waals surface area contributed by atoms with Crippen molar-refractivity contribution in [2.75, 3.05) is 6.61 Å². The van der Waals surface area contributed by atoms with Gasteiger partial charge < -0.3 is 15.0 Å². The van der Waals surface area contributed by atoms with E-state index in [1.807, 2.05) is 44.2 Å². The van der Waals surface area contributed by atoms with E-state index in [-0.39, 0.29) is 18.0 Å². The van der Waals surface area contributed by atoms with Crippen molar-refractivity contribution in [2.45, 2.75) is 26.8 Å². The summed E-state index contributed by atoms with van der Waals surface area (Å²) < 4.78 is 7.71. The number of nitrogens with zero attached hydrogens (tertiary/aromatic N) is 1. The highest BCUT2D eigenvalue weighted by Crippen LogP contribution is 2.20.